The largest absolute Gasteiger partial charge is 0.450 e. The molecular weight excluding hydrogens is 827 g/mol. The number of esters is 1. The zero-order valence-electron chi connectivity index (χ0n) is 38.6. The highest BCUT2D eigenvalue weighted by Crippen LogP contribution is 2.23. The number of ketones is 3. The topological polar surface area (TPSA) is 309 Å². The first-order valence-corrected chi connectivity index (χ1v) is 22.5. The second-order valence-corrected chi connectivity index (χ2v) is 18.3. The number of carbonyl (C=O) groups is 9. The molecule has 0 radical (unpaired) electrons. The van der Waals surface area contributed by atoms with E-state index in [4.69, 9.17) is 21.9 Å². The smallest absolute Gasteiger partial charge is 0.329 e. The summed E-state index contributed by atoms with van der Waals surface area (Å²) >= 11 is 0. The predicted molar refractivity (Wildman–Crippen MR) is 238 cm³/mol. The number of nitrogens with two attached hydrogens (primary N) is 3. The number of ether oxygens (including phenoxy) is 1. The van der Waals surface area contributed by atoms with E-state index in [0.29, 0.717) is 19.4 Å². The third kappa shape index (κ3) is 18.6. The van der Waals surface area contributed by atoms with E-state index in [1.165, 1.54) is 6.92 Å². The monoisotopic (exact) mass is 900 g/mol. The van der Waals surface area contributed by atoms with Crippen LogP contribution in [0.15, 0.2) is 30.3 Å². The van der Waals surface area contributed by atoms with E-state index in [9.17, 15) is 48.3 Å². The molecule has 0 aliphatic carbocycles. The fraction of sp³-hybridized carbons (Fsp3) is 0.674. The van der Waals surface area contributed by atoms with Crippen molar-refractivity contribution in [2.45, 2.75) is 149 Å². The number of hydrogen-bond acceptors (Lipinski definition) is 13. The maximum Gasteiger partial charge on any atom is 0.329 e. The number of aliphatic hydroxyl groups is 1. The minimum Gasteiger partial charge on any atom is -0.450 e. The molecule has 5 amide bonds. The third-order valence-electron chi connectivity index (χ3n) is 11.1. The van der Waals surface area contributed by atoms with Crippen LogP contribution >= 0.6 is 0 Å². The van der Waals surface area contributed by atoms with Crippen molar-refractivity contribution in [2.24, 2.45) is 52.7 Å². The standard InChI is InChI=1S/C46H73N7O11/c1-25(2)17-31-22-37(55)28(7)50-44(61)32(40(41(49)58)64-46(63)35(19-27(5)6)52-43(31)60)23-39(57)36(24-54)53-42(59)30(15-11-12-16-47)21-38(56)34(18-26(3)4)51-45(62)33(48)20-29-13-9-8-10-14-29/h8-10,13-14,25-28,30-36,40,54H,11-12,15-24,47-48H2,1-7H3,(H2,49,58)(H,50,61)(H,51,62)(H,52,60)(H,53,59)/t28-,30-,31-,32-,33-,34+,35+,36-,40+/m0/s1. The van der Waals surface area contributed by atoms with Crippen molar-refractivity contribution >= 4 is 52.9 Å². The molecule has 1 aromatic carbocycles. The molecular formula is C46H73N7O11. The Labute approximate surface area is 377 Å². The van der Waals surface area contributed by atoms with Crippen molar-refractivity contribution < 1.29 is 53.0 Å². The van der Waals surface area contributed by atoms with Gasteiger partial charge in [0.25, 0.3) is 5.91 Å². The van der Waals surface area contributed by atoms with Crippen LogP contribution in [0.5, 0.6) is 0 Å². The van der Waals surface area contributed by atoms with Gasteiger partial charge in [-0.05, 0) is 75.3 Å². The molecule has 1 saturated heterocycles. The maximum atomic E-state index is 14.0. The second kappa shape index (κ2) is 27.3. The highest BCUT2D eigenvalue weighted by Gasteiger charge is 2.42. The molecule has 358 valence electrons. The van der Waals surface area contributed by atoms with Crippen molar-refractivity contribution in [3.63, 3.8) is 0 Å². The van der Waals surface area contributed by atoms with Crippen molar-refractivity contribution in [3.05, 3.63) is 35.9 Å². The molecule has 0 unspecified atom stereocenters. The fourth-order valence-corrected chi connectivity index (χ4v) is 7.64. The van der Waals surface area contributed by atoms with Gasteiger partial charge >= 0.3 is 5.97 Å². The lowest BCUT2D eigenvalue weighted by Crippen LogP contribution is -2.53. The second-order valence-electron chi connectivity index (χ2n) is 18.3. The van der Waals surface area contributed by atoms with E-state index in [0.717, 1.165) is 5.56 Å². The van der Waals surface area contributed by atoms with Gasteiger partial charge in [0.05, 0.1) is 30.7 Å². The summed E-state index contributed by atoms with van der Waals surface area (Å²) in [5, 5.41) is 20.8. The molecule has 1 aromatic rings. The van der Waals surface area contributed by atoms with Gasteiger partial charge in [0, 0.05) is 31.1 Å². The van der Waals surface area contributed by atoms with Crippen LogP contribution < -0.4 is 38.5 Å². The molecule has 2 rings (SSSR count). The Bertz CT molecular complexity index is 1760. The number of amides is 5. The Morgan fingerprint density at radius 2 is 1.45 bits per heavy atom. The number of rotatable bonds is 24. The molecule has 0 bridgehead atoms. The van der Waals surface area contributed by atoms with Crippen LogP contribution in [0.4, 0.5) is 0 Å². The first-order chi connectivity index (χ1) is 30.1. The number of primary amides is 1. The van der Waals surface area contributed by atoms with Gasteiger partial charge in [-0.15, -0.1) is 0 Å². The normalized spacial score (nSPS) is 21.9. The van der Waals surface area contributed by atoms with E-state index in [2.05, 4.69) is 21.3 Å². The van der Waals surface area contributed by atoms with Crippen LogP contribution in [0.25, 0.3) is 0 Å². The van der Waals surface area contributed by atoms with E-state index in [1.807, 2.05) is 58.0 Å². The molecule has 9 atom stereocenters. The molecule has 1 aliphatic rings. The number of benzene rings is 1. The first-order valence-electron chi connectivity index (χ1n) is 22.5. The molecule has 0 saturated carbocycles. The number of hydrogen-bond donors (Lipinski definition) is 8. The Hall–Kier alpha value is -5.07. The molecule has 1 heterocycles. The van der Waals surface area contributed by atoms with Crippen LogP contribution in [-0.4, -0.2) is 107 Å². The summed E-state index contributed by atoms with van der Waals surface area (Å²) in [7, 11) is 0. The van der Waals surface area contributed by atoms with Crippen LogP contribution in [0.1, 0.15) is 112 Å². The van der Waals surface area contributed by atoms with E-state index in [1.54, 1.807) is 13.8 Å². The van der Waals surface area contributed by atoms with E-state index in [-0.39, 0.29) is 62.7 Å². The van der Waals surface area contributed by atoms with Crippen LogP contribution in [-0.2, 0) is 54.3 Å². The highest BCUT2D eigenvalue weighted by atomic mass is 16.6. The van der Waals surface area contributed by atoms with Gasteiger partial charge in [0.15, 0.2) is 23.5 Å². The summed E-state index contributed by atoms with van der Waals surface area (Å²) < 4.78 is 5.54. The Balaban J connectivity index is 2.42. The third-order valence-corrected chi connectivity index (χ3v) is 11.1. The van der Waals surface area contributed by atoms with Gasteiger partial charge in [-0.1, -0.05) is 78.3 Å². The Kier molecular flexibility index (Phi) is 23.5. The van der Waals surface area contributed by atoms with Crippen molar-refractivity contribution in [1.29, 1.82) is 0 Å². The quantitative estimate of drug-likeness (QED) is 0.0529. The van der Waals surface area contributed by atoms with Gasteiger partial charge in [0.2, 0.25) is 23.6 Å². The summed E-state index contributed by atoms with van der Waals surface area (Å²) in [4.78, 5) is 123. The lowest BCUT2D eigenvalue weighted by Gasteiger charge is -2.28. The minimum absolute atomic E-state index is 0.0137. The molecule has 0 spiro atoms. The number of unbranched alkanes of at least 4 members (excludes halogenated alkanes) is 1. The SMILES string of the molecule is CC(C)C[C@H]1CC(=O)[C@H](C)NC(=O)[C@@H](CC(=O)[C@H](CO)NC(=O)[C@@H](CCCCN)CC(=O)[C@@H](CC(C)C)NC(=O)[C@@H](N)Cc2ccccc2)[C@H](C(N)=O)OC(=O)[C@@H](CC(C)C)NC1=O. The summed E-state index contributed by atoms with van der Waals surface area (Å²) in [6.07, 6.45) is -1.71. The van der Waals surface area contributed by atoms with Gasteiger partial charge < -0.3 is 48.3 Å². The molecule has 1 fully saturated rings. The van der Waals surface area contributed by atoms with Crippen LogP contribution in [0.3, 0.4) is 0 Å². The summed E-state index contributed by atoms with van der Waals surface area (Å²) in [5.41, 5.74) is 18.5. The Morgan fingerprint density at radius 1 is 0.828 bits per heavy atom. The fourth-order valence-electron chi connectivity index (χ4n) is 7.64. The summed E-state index contributed by atoms with van der Waals surface area (Å²) in [5.74, 6) is -11.3. The number of cyclic esters (lactones) is 1. The number of nitrogens with one attached hydrogen (secondary N) is 4. The highest BCUT2D eigenvalue weighted by molar-refractivity contribution is 6.00. The molecule has 18 heteroatoms. The van der Waals surface area contributed by atoms with Crippen molar-refractivity contribution in [3.8, 4) is 0 Å². The van der Waals surface area contributed by atoms with E-state index < -0.39 is 120 Å². The zero-order chi connectivity index (χ0) is 48.3. The number of carbonyl (C=O) groups excluding carboxylic acids is 9. The lowest BCUT2D eigenvalue weighted by molar-refractivity contribution is -0.164. The first kappa shape index (κ1) is 55.1. The van der Waals surface area contributed by atoms with Gasteiger partial charge in [-0.3, -0.25) is 38.4 Å². The summed E-state index contributed by atoms with van der Waals surface area (Å²) in [6.45, 7) is 11.7. The molecule has 0 aromatic heterocycles. The molecule has 11 N–H and O–H groups in total. The molecule has 1 aliphatic heterocycles. The summed E-state index contributed by atoms with van der Waals surface area (Å²) in [6, 6.07) is 3.00. The lowest BCUT2D eigenvalue weighted by atomic mass is 9.88. The predicted octanol–water partition coefficient (Wildman–Crippen LogP) is 0.912. The van der Waals surface area contributed by atoms with E-state index >= 15 is 0 Å². The van der Waals surface area contributed by atoms with Crippen molar-refractivity contribution in [1.82, 2.24) is 21.3 Å². The zero-order valence-corrected chi connectivity index (χ0v) is 38.6. The average molecular weight is 900 g/mol. The van der Waals surface area contributed by atoms with Crippen LogP contribution in [0, 0.1) is 35.5 Å². The Morgan fingerprint density at radius 3 is 2.02 bits per heavy atom. The van der Waals surface area contributed by atoms with Gasteiger partial charge in [0.1, 0.15) is 12.1 Å². The van der Waals surface area contributed by atoms with Gasteiger partial charge in [-0.25, -0.2) is 4.79 Å². The van der Waals surface area contributed by atoms with Gasteiger partial charge in [-0.2, -0.15) is 0 Å². The molecule has 18 nitrogen and oxygen atoms in total. The van der Waals surface area contributed by atoms with Crippen molar-refractivity contribution in [2.75, 3.05) is 13.2 Å². The average Bonchev–Trinajstić information content (AvgIpc) is 3.22. The minimum atomic E-state index is -2.08. The maximum absolute atomic E-state index is 14.0. The van der Waals surface area contributed by atoms with Crippen LogP contribution in [0.2, 0.25) is 0 Å². The number of aliphatic hydroxyl groups excluding tert-OH is 1. The molecule has 64 heavy (non-hydrogen) atoms. The number of Topliss-reactive ketones (excluding diaryl/α,β-unsaturated/α-hetero) is 3.